The number of anilines is 1. The maximum Gasteiger partial charge on any atom is 0.339 e. The van der Waals surface area contributed by atoms with E-state index in [0.29, 0.717) is 24.0 Å². The molecule has 2 aromatic rings. The third-order valence-corrected chi connectivity index (χ3v) is 6.96. The Kier molecular flexibility index (Phi) is 5.03. The van der Waals surface area contributed by atoms with Crippen LogP contribution in [0.1, 0.15) is 77.9 Å². The highest BCUT2D eigenvalue weighted by Gasteiger charge is 2.44. The highest BCUT2D eigenvalue weighted by molar-refractivity contribution is 6.16. The molecule has 0 aliphatic carbocycles. The number of halogens is 4. The van der Waals surface area contributed by atoms with E-state index in [-0.39, 0.29) is 0 Å². The number of carboxylic acid groups (broad SMARTS) is 1. The van der Waals surface area contributed by atoms with E-state index in [9.17, 15) is 37.4 Å². The van der Waals surface area contributed by atoms with Crippen molar-refractivity contribution in [2.24, 2.45) is 0 Å². The molecule has 0 saturated carbocycles. The number of hydrogen-bond acceptors (Lipinski definition) is 4. The van der Waals surface area contributed by atoms with Gasteiger partial charge in [0, 0.05) is 24.3 Å². The Morgan fingerprint density at radius 3 is 1.94 bits per heavy atom. The highest BCUT2D eigenvalue weighted by atomic mass is 19.2. The smallest absolute Gasteiger partial charge is 0.339 e. The van der Waals surface area contributed by atoms with Crippen LogP contribution >= 0.6 is 0 Å². The van der Waals surface area contributed by atoms with E-state index in [2.05, 4.69) is 4.90 Å². The van der Waals surface area contributed by atoms with Crippen LogP contribution in [0.2, 0.25) is 0 Å². The lowest BCUT2D eigenvalue weighted by atomic mass is 9.68. The summed E-state index contributed by atoms with van der Waals surface area (Å²) in [5.74, 6) is -13.0. The van der Waals surface area contributed by atoms with E-state index in [1.54, 1.807) is 0 Å². The van der Waals surface area contributed by atoms with Crippen LogP contribution < -0.4 is 4.90 Å². The summed E-state index contributed by atoms with van der Waals surface area (Å²) in [6, 6.07) is 1.33. The first-order valence-electron chi connectivity index (χ1n) is 10.5. The molecule has 9 heteroatoms. The van der Waals surface area contributed by atoms with Crippen molar-refractivity contribution in [1.29, 1.82) is 0 Å². The number of phenols is 1. The van der Waals surface area contributed by atoms with Crippen LogP contribution in [0.25, 0.3) is 0 Å². The van der Waals surface area contributed by atoms with Gasteiger partial charge in [-0.05, 0) is 35.3 Å². The van der Waals surface area contributed by atoms with Gasteiger partial charge in [0.05, 0.1) is 11.1 Å². The minimum Gasteiger partial charge on any atom is -0.507 e. The third kappa shape index (κ3) is 3.20. The zero-order valence-electron chi connectivity index (χ0n) is 18.6. The Labute approximate surface area is 187 Å². The monoisotopic (exact) mass is 465 g/mol. The zero-order valence-corrected chi connectivity index (χ0v) is 18.6. The summed E-state index contributed by atoms with van der Waals surface area (Å²) >= 11 is 0. The van der Waals surface area contributed by atoms with Gasteiger partial charge in [-0.3, -0.25) is 4.79 Å². The maximum absolute atomic E-state index is 14.7. The summed E-state index contributed by atoms with van der Waals surface area (Å²) in [5.41, 5.74) is -2.76. The van der Waals surface area contributed by atoms with Gasteiger partial charge in [0.2, 0.25) is 5.78 Å². The van der Waals surface area contributed by atoms with Crippen LogP contribution in [-0.4, -0.2) is 35.1 Å². The number of aromatic hydroxyl groups is 1. The summed E-state index contributed by atoms with van der Waals surface area (Å²) < 4.78 is 56.7. The normalized spacial score (nSPS) is 18.1. The molecule has 0 aromatic heterocycles. The molecule has 176 valence electrons. The molecule has 0 bridgehead atoms. The molecule has 0 spiro atoms. The summed E-state index contributed by atoms with van der Waals surface area (Å²) in [6.45, 7) is 9.07. The predicted octanol–water partition coefficient (Wildman–Crippen LogP) is 5.05. The van der Waals surface area contributed by atoms with E-state index < -0.39 is 68.3 Å². The van der Waals surface area contributed by atoms with Crippen molar-refractivity contribution in [3.05, 3.63) is 57.2 Å². The van der Waals surface area contributed by atoms with E-state index in [4.69, 9.17) is 0 Å². The standard InChI is InChI=1S/C24H23F4NO4/c1-23(2)5-7-29-8-6-24(3,4)14-19(29)11(23)9-10(21(14)31)20(30)12-13(22(32)33)16(26)18(28)17(27)15(12)25/h9,31H,5-8H2,1-4H3,(H,32,33). The Morgan fingerprint density at radius 2 is 1.39 bits per heavy atom. The first kappa shape index (κ1) is 23.1. The number of nitrogens with zero attached hydrogens (tertiary/aromatic N) is 1. The molecule has 2 N–H and O–H groups in total. The summed E-state index contributed by atoms with van der Waals surface area (Å²) in [7, 11) is 0. The molecule has 5 nitrogen and oxygen atoms in total. The molecule has 0 unspecified atom stereocenters. The minimum atomic E-state index is -2.33. The van der Waals surface area contributed by atoms with Gasteiger partial charge in [-0.2, -0.15) is 0 Å². The van der Waals surface area contributed by atoms with Crippen LogP contribution in [-0.2, 0) is 10.8 Å². The third-order valence-electron chi connectivity index (χ3n) is 6.96. The maximum atomic E-state index is 14.7. The number of rotatable bonds is 3. The van der Waals surface area contributed by atoms with Gasteiger partial charge in [-0.25, -0.2) is 22.4 Å². The Bertz CT molecular complexity index is 1230. The predicted molar refractivity (Wildman–Crippen MR) is 112 cm³/mol. The molecule has 0 fully saturated rings. The van der Waals surface area contributed by atoms with Crippen LogP contribution in [0, 0.1) is 23.3 Å². The fraction of sp³-hybridized carbons (Fsp3) is 0.417. The fourth-order valence-electron chi connectivity index (χ4n) is 4.93. The number of ketones is 1. The van der Waals surface area contributed by atoms with Crippen molar-refractivity contribution in [2.75, 3.05) is 18.0 Å². The van der Waals surface area contributed by atoms with E-state index in [1.807, 2.05) is 27.7 Å². The van der Waals surface area contributed by atoms with E-state index in [1.165, 1.54) is 6.07 Å². The lowest BCUT2D eigenvalue weighted by Crippen LogP contribution is -2.45. The molecule has 2 aliphatic rings. The second kappa shape index (κ2) is 7.20. The number of carbonyl (C=O) groups is 2. The molecular formula is C24H23F4NO4. The Morgan fingerprint density at radius 1 is 0.879 bits per heavy atom. The number of phenolic OH excluding ortho intramolecular Hbond substituents is 1. The SMILES string of the molecule is CC1(C)CCN2CCC(C)(C)c3c(O)c(C(=O)c4c(F)c(F)c(F)c(F)c4C(=O)O)cc1c32. The van der Waals surface area contributed by atoms with E-state index in [0.717, 1.165) is 18.8 Å². The quantitative estimate of drug-likeness (QED) is 0.287. The lowest BCUT2D eigenvalue weighted by molar-refractivity contribution is 0.0684. The summed E-state index contributed by atoms with van der Waals surface area (Å²) in [6.07, 6.45) is 1.35. The average molecular weight is 465 g/mol. The van der Waals surface area contributed by atoms with Crippen LogP contribution in [0.5, 0.6) is 5.75 Å². The zero-order chi connectivity index (χ0) is 24.6. The van der Waals surface area contributed by atoms with Crippen molar-refractivity contribution in [3.63, 3.8) is 0 Å². The van der Waals surface area contributed by atoms with Crippen LogP contribution in [0.3, 0.4) is 0 Å². The molecule has 4 rings (SSSR count). The number of carboxylic acids is 1. The van der Waals surface area contributed by atoms with Gasteiger partial charge in [0.15, 0.2) is 23.3 Å². The second-order valence-corrected chi connectivity index (χ2v) is 9.94. The lowest BCUT2D eigenvalue weighted by Gasteiger charge is -2.48. The second-order valence-electron chi connectivity index (χ2n) is 9.94. The van der Waals surface area contributed by atoms with Crippen molar-refractivity contribution >= 4 is 17.4 Å². The van der Waals surface area contributed by atoms with Crippen molar-refractivity contribution < 1.29 is 37.4 Å². The van der Waals surface area contributed by atoms with Gasteiger partial charge >= 0.3 is 5.97 Å². The number of aromatic carboxylic acids is 1. The molecule has 0 saturated heterocycles. The summed E-state index contributed by atoms with van der Waals surface area (Å²) in [5, 5.41) is 20.5. The van der Waals surface area contributed by atoms with Crippen LogP contribution in [0.4, 0.5) is 23.2 Å². The van der Waals surface area contributed by atoms with Gasteiger partial charge in [-0.1, -0.05) is 27.7 Å². The average Bonchev–Trinajstić information content (AvgIpc) is 2.72. The van der Waals surface area contributed by atoms with Crippen molar-refractivity contribution in [2.45, 2.75) is 51.4 Å². The highest BCUT2D eigenvalue weighted by Crippen LogP contribution is 2.53. The van der Waals surface area contributed by atoms with Crippen molar-refractivity contribution in [3.8, 4) is 5.75 Å². The first-order valence-corrected chi connectivity index (χ1v) is 10.5. The fourth-order valence-corrected chi connectivity index (χ4v) is 4.93. The van der Waals surface area contributed by atoms with E-state index >= 15 is 0 Å². The molecule has 33 heavy (non-hydrogen) atoms. The van der Waals surface area contributed by atoms with Crippen LogP contribution in [0.15, 0.2) is 6.07 Å². The number of carbonyl (C=O) groups excluding carboxylic acids is 1. The molecular weight excluding hydrogens is 442 g/mol. The molecule has 2 heterocycles. The van der Waals surface area contributed by atoms with Gasteiger partial charge in [0.1, 0.15) is 11.3 Å². The van der Waals surface area contributed by atoms with Gasteiger partial charge in [-0.15, -0.1) is 0 Å². The molecule has 2 aromatic carbocycles. The molecule has 0 amide bonds. The molecule has 2 aliphatic heterocycles. The first-order chi connectivity index (χ1) is 15.2. The minimum absolute atomic E-state index is 0.433. The Balaban J connectivity index is 2.08. The molecule has 0 atom stereocenters. The topological polar surface area (TPSA) is 77.8 Å². The largest absolute Gasteiger partial charge is 0.507 e. The number of hydrogen-bond donors (Lipinski definition) is 2. The van der Waals surface area contributed by atoms with Gasteiger partial charge < -0.3 is 15.1 Å². The van der Waals surface area contributed by atoms with Gasteiger partial charge in [0.25, 0.3) is 0 Å². The number of benzene rings is 2. The van der Waals surface area contributed by atoms with Crippen molar-refractivity contribution in [1.82, 2.24) is 0 Å². The summed E-state index contributed by atoms with van der Waals surface area (Å²) in [4.78, 5) is 27.0. The Hall–Kier alpha value is -3.10. The molecule has 0 radical (unpaired) electrons.